The zero-order valence-electron chi connectivity index (χ0n) is 12.0. The van der Waals surface area contributed by atoms with Gasteiger partial charge in [0.25, 0.3) is 0 Å². The van der Waals surface area contributed by atoms with Crippen molar-refractivity contribution in [1.29, 1.82) is 0 Å². The van der Waals surface area contributed by atoms with E-state index < -0.39 is 0 Å². The first-order valence-electron chi connectivity index (χ1n) is 7.16. The van der Waals surface area contributed by atoms with Gasteiger partial charge in [-0.2, -0.15) is 0 Å². The summed E-state index contributed by atoms with van der Waals surface area (Å²) < 4.78 is 7.90. The van der Waals surface area contributed by atoms with E-state index in [2.05, 4.69) is 34.3 Å². The Balaban J connectivity index is 1.63. The van der Waals surface area contributed by atoms with E-state index in [0.717, 1.165) is 36.8 Å². The third-order valence-electron chi connectivity index (χ3n) is 3.92. The second-order valence-electron chi connectivity index (χ2n) is 5.69. The molecule has 2 unspecified atom stereocenters. The summed E-state index contributed by atoms with van der Waals surface area (Å²) in [5.41, 5.74) is 7.39. The number of hydrogen-bond donors (Lipinski definition) is 1. The third-order valence-corrected chi connectivity index (χ3v) is 4.69. The van der Waals surface area contributed by atoms with Crippen LogP contribution in [-0.2, 0) is 11.2 Å². The monoisotopic (exact) mass is 294 g/mol. The molecule has 0 saturated carbocycles. The van der Waals surface area contributed by atoms with E-state index in [1.165, 1.54) is 0 Å². The van der Waals surface area contributed by atoms with Crippen LogP contribution in [0.3, 0.4) is 0 Å². The maximum absolute atomic E-state index is 6.34. The molecule has 3 heterocycles. The number of imidazole rings is 1. The standard InChI is InChI=1S/C14H22N4OS/c1-10(2)17-3-5-19-13(9-17)12(15)7-11-8-18-4-6-20-14(18)16-11/h4,6,8,10,12-13H,3,5,7,9,15H2,1-2H3. The minimum atomic E-state index is 0.00107. The van der Waals surface area contributed by atoms with Gasteiger partial charge in [-0.15, -0.1) is 11.3 Å². The van der Waals surface area contributed by atoms with Gasteiger partial charge in [-0.3, -0.25) is 9.30 Å². The number of morpholine rings is 1. The Morgan fingerprint density at radius 3 is 3.15 bits per heavy atom. The molecule has 20 heavy (non-hydrogen) atoms. The Kier molecular flexibility index (Phi) is 4.07. The number of hydrogen-bond acceptors (Lipinski definition) is 5. The van der Waals surface area contributed by atoms with E-state index in [4.69, 9.17) is 10.5 Å². The molecule has 1 saturated heterocycles. The Hall–Kier alpha value is -0.950. The molecule has 0 bridgehead atoms. The van der Waals surface area contributed by atoms with Gasteiger partial charge in [-0.05, 0) is 13.8 Å². The zero-order chi connectivity index (χ0) is 14.1. The molecular formula is C14H22N4OS. The molecule has 110 valence electrons. The van der Waals surface area contributed by atoms with Crippen molar-refractivity contribution < 1.29 is 4.74 Å². The van der Waals surface area contributed by atoms with Gasteiger partial charge in [0, 0.05) is 49.4 Å². The van der Waals surface area contributed by atoms with E-state index >= 15 is 0 Å². The SMILES string of the molecule is CC(C)N1CCOC(C(N)Cc2cn3ccsc3n2)C1. The molecule has 0 radical (unpaired) electrons. The highest BCUT2D eigenvalue weighted by Crippen LogP contribution is 2.16. The minimum absolute atomic E-state index is 0.00107. The molecule has 2 aromatic heterocycles. The summed E-state index contributed by atoms with van der Waals surface area (Å²) in [6, 6.07) is 0.549. The van der Waals surface area contributed by atoms with Gasteiger partial charge in [-0.1, -0.05) is 0 Å². The molecule has 1 aliphatic rings. The first kappa shape index (κ1) is 14.0. The Morgan fingerprint density at radius 2 is 2.40 bits per heavy atom. The van der Waals surface area contributed by atoms with Crippen molar-refractivity contribution in [1.82, 2.24) is 14.3 Å². The lowest BCUT2D eigenvalue weighted by Crippen LogP contribution is -2.53. The summed E-state index contributed by atoms with van der Waals surface area (Å²) in [6.07, 6.45) is 4.96. The van der Waals surface area contributed by atoms with Crippen LogP contribution in [0.1, 0.15) is 19.5 Å². The van der Waals surface area contributed by atoms with Crippen LogP contribution in [0.5, 0.6) is 0 Å². The van der Waals surface area contributed by atoms with Crippen molar-refractivity contribution in [2.45, 2.75) is 38.5 Å². The van der Waals surface area contributed by atoms with Gasteiger partial charge < -0.3 is 10.5 Å². The number of fused-ring (bicyclic) bond motifs is 1. The maximum Gasteiger partial charge on any atom is 0.193 e. The van der Waals surface area contributed by atoms with Crippen LogP contribution in [0.2, 0.25) is 0 Å². The Bertz CT molecular complexity index is 536. The molecule has 1 fully saturated rings. The highest BCUT2D eigenvalue weighted by atomic mass is 32.1. The third kappa shape index (κ3) is 2.88. The average Bonchev–Trinajstić information content (AvgIpc) is 2.99. The zero-order valence-corrected chi connectivity index (χ0v) is 12.8. The molecule has 2 atom stereocenters. The predicted molar refractivity (Wildman–Crippen MR) is 81.2 cm³/mol. The van der Waals surface area contributed by atoms with Gasteiger partial charge in [0.15, 0.2) is 4.96 Å². The van der Waals surface area contributed by atoms with Gasteiger partial charge in [0.05, 0.1) is 18.4 Å². The second kappa shape index (κ2) is 5.81. The number of thiazole rings is 1. The molecule has 1 aliphatic heterocycles. The summed E-state index contributed by atoms with van der Waals surface area (Å²) in [5.74, 6) is 0. The maximum atomic E-state index is 6.34. The number of nitrogens with zero attached hydrogens (tertiary/aromatic N) is 3. The second-order valence-corrected chi connectivity index (χ2v) is 6.56. The van der Waals surface area contributed by atoms with E-state index in [-0.39, 0.29) is 12.1 Å². The molecule has 2 N–H and O–H groups in total. The fourth-order valence-corrected chi connectivity index (χ4v) is 3.39. The van der Waals surface area contributed by atoms with Crippen LogP contribution >= 0.6 is 11.3 Å². The number of aromatic nitrogens is 2. The van der Waals surface area contributed by atoms with Gasteiger partial charge >= 0.3 is 0 Å². The van der Waals surface area contributed by atoms with Crippen LogP contribution < -0.4 is 5.73 Å². The largest absolute Gasteiger partial charge is 0.374 e. The van der Waals surface area contributed by atoms with Crippen molar-refractivity contribution in [2.24, 2.45) is 5.73 Å². The molecule has 0 aliphatic carbocycles. The summed E-state index contributed by atoms with van der Waals surface area (Å²) in [4.78, 5) is 8.05. The predicted octanol–water partition coefficient (Wildman–Crippen LogP) is 1.37. The molecule has 2 aromatic rings. The molecule has 3 rings (SSSR count). The Morgan fingerprint density at radius 1 is 1.55 bits per heavy atom. The van der Waals surface area contributed by atoms with E-state index in [1.54, 1.807) is 11.3 Å². The normalized spacial score (nSPS) is 22.7. The topological polar surface area (TPSA) is 55.8 Å². The van der Waals surface area contributed by atoms with Crippen molar-refractivity contribution in [3.05, 3.63) is 23.5 Å². The Labute approximate surface area is 123 Å². The molecule has 6 heteroatoms. The molecule has 0 amide bonds. The minimum Gasteiger partial charge on any atom is -0.374 e. The summed E-state index contributed by atoms with van der Waals surface area (Å²) >= 11 is 1.65. The lowest BCUT2D eigenvalue weighted by Gasteiger charge is -2.37. The van der Waals surface area contributed by atoms with Crippen LogP contribution in [0.25, 0.3) is 4.96 Å². The van der Waals surface area contributed by atoms with Crippen molar-refractivity contribution in [2.75, 3.05) is 19.7 Å². The first-order valence-corrected chi connectivity index (χ1v) is 8.04. The number of ether oxygens (including phenoxy) is 1. The van der Waals surface area contributed by atoms with E-state index in [9.17, 15) is 0 Å². The van der Waals surface area contributed by atoms with Crippen molar-refractivity contribution >= 4 is 16.3 Å². The lowest BCUT2D eigenvalue weighted by molar-refractivity contribution is -0.0496. The van der Waals surface area contributed by atoms with Crippen LogP contribution in [0.4, 0.5) is 0 Å². The fraction of sp³-hybridized carbons (Fsp3) is 0.643. The van der Waals surface area contributed by atoms with E-state index in [1.807, 2.05) is 11.6 Å². The van der Waals surface area contributed by atoms with Crippen LogP contribution in [0.15, 0.2) is 17.8 Å². The van der Waals surface area contributed by atoms with E-state index in [0.29, 0.717) is 6.04 Å². The highest BCUT2D eigenvalue weighted by Gasteiger charge is 2.27. The number of rotatable bonds is 4. The molecule has 0 aromatic carbocycles. The number of nitrogens with two attached hydrogens (primary N) is 1. The summed E-state index contributed by atoms with van der Waals surface area (Å²) in [6.45, 7) is 7.13. The smallest absolute Gasteiger partial charge is 0.193 e. The van der Waals surface area contributed by atoms with Gasteiger partial charge in [0.2, 0.25) is 0 Å². The first-order chi connectivity index (χ1) is 9.63. The van der Waals surface area contributed by atoms with Crippen molar-refractivity contribution in [3.8, 4) is 0 Å². The van der Waals surface area contributed by atoms with Crippen LogP contribution in [0, 0.1) is 0 Å². The van der Waals surface area contributed by atoms with Crippen LogP contribution in [-0.4, -0.2) is 52.2 Å². The fourth-order valence-electron chi connectivity index (χ4n) is 2.67. The summed E-state index contributed by atoms with van der Waals surface area (Å²) in [7, 11) is 0. The quantitative estimate of drug-likeness (QED) is 0.925. The highest BCUT2D eigenvalue weighted by molar-refractivity contribution is 7.15. The lowest BCUT2D eigenvalue weighted by atomic mass is 10.0. The van der Waals surface area contributed by atoms with Gasteiger partial charge in [0.1, 0.15) is 0 Å². The van der Waals surface area contributed by atoms with Crippen molar-refractivity contribution in [3.63, 3.8) is 0 Å². The summed E-state index contributed by atoms with van der Waals surface area (Å²) in [5, 5.41) is 2.04. The molecular weight excluding hydrogens is 272 g/mol. The molecule has 0 spiro atoms. The average molecular weight is 294 g/mol. The molecule has 5 nitrogen and oxygen atoms in total. The van der Waals surface area contributed by atoms with Gasteiger partial charge in [-0.25, -0.2) is 4.98 Å².